The molecule has 0 spiro atoms. The van der Waals surface area contributed by atoms with Gasteiger partial charge >= 0.3 is 6.18 Å². The van der Waals surface area contributed by atoms with Crippen molar-refractivity contribution in [3.8, 4) is 5.75 Å². The van der Waals surface area contributed by atoms with Crippen molar-refractivity contribution < 1.29 is 31.1 Å². The maximum atomic E-state index is 13.0. The number of nitrogens with one attached hydrogen (secondary N) is 2. The molecule has 0 unspecified atom stereocenters. The molecule has 0 heterocycles. The molecule has 0 bridgehead atoms. The molecule has 3 aromatic carbocycles. The second-order valence-electron chi connectivity index (χ2n) is 7.32. The third-order valence-corrected chi connectivity index (χ3v) is 6.17. The summed E-state index contributed by atoms with van der Waals surface area (Å²) in [6.07, 6.45) is -4.56. The van der Waals surface area contributed by atoms with Crippen LogP contribution in [0.15, 0.2) is 65.6 Å². The van der Waals surface area contributed by atoms with Crippen LogP contribution < -0.4 is 14.8 Å². The predicted molar refractivity (Wildman–Crippen MR) is 119 cm³/mol. The summed E-state index contributed by atoms with van der Waals surface area (Å²) in [5.74, 6) is -0.421. The van der Waals surface area contributed by atoms with Crippen LogP contribution in [-0.2, 0) is 16.2 Å². The van der Waals surface area contributed by atoms with Crippen LogP contribution in [0.5, 0.6) is 5.75 Å². The second kappa shape index (κ2) is 9.14. The summed E-state index contributed by atoms with van der Waals surface area (Å²) >= 11 is 0. The molecule has 0 radical (unpaired) electrons. The van der Waals surface area contributed by atoms with Crippen molar-refractivity contribution in [2.75, 3.05) is 17.1 Å². The number of carbonyl (C=O) groups excluding carboxylic acids is 1. The van der Waals surface area contributed by atoms with E-state index in [4.69, 9.17) is 4.74 Å². The van der Waals surface area contributed by atoms with Crippen molar-refractivity contribution in [1.82, 2.24) is 0 Å². The van der Waals surface area contributed by atoms with Crippen LogP contribution in [0, 0.1) is 13.8 Å². The first-order valence-corrected chi connectivity index (χ1v) is 11.2. The van der Waals surface area contributed by atoms with Gasteiger partial charge in [0.05, 0.1) is 23.3 Å². The number of hydrogen-bond donors (Lipinski definition) is 2. The van der Waals surface area contributed by atoms with Gasteiger partial charge in [0.15, 0.2) is 0 Å². The van der Waals surface area contributed by atoms with E-state index in [1.807, 2.05) is 0 Å². The predicted octanol–water partition coefficient (Wildman–Crippen LogP) is 5.38. The van der Waals surface area contributed by atoms with Crippen molar-refractivity contribution in [1.29, 1.82) is 0 Å². The fraction of sp³-hybridized carbons (Fsp3) is 0.174. The topological polar surface area (TPSA) is 84.5 Å². The van der Waals surface area contributed by atoms with Gasteiger partial charge in [-0.05, 0) is 67.4 Å². The Bertz CT molecular complexity index is 1310. The molecular formula is C23H21F3N2O4S. The molecule has 3 aromatic rings. The Morgan fingerprint density at radius 1 is 0.970 bits per heavy atom. The van der Waals surface area contributed by atoms with Crippen LogP contribution in [0.25, 0.3) is 0 Å². The molecule has 0 aromatic heterocycles. The molecule has 0 saturated carbocycles. The molecule has 33 heavy (non-hydrogen) atoms. The minimum absolute atomic E-state index is 0.00601. The Morgan fingerprint density at radius 3 is 2.36 bits per heavy atom. The zero-order chi connectivity index (χ0) is 24.4. The summed E-state index contributed by atoms with van der Waals surface area (Å²) in [5, 5.41) is 2.39. The lowest BCUT2D eigenvalue weighted by molar-refractivity contribution is -0.137. The van der Waals surface area contributed by atoms with Gasteiger partial charge in [0.1, 0.15) is 5.75 Å². The highest BCUT2D eigenvalue weighted by molar-refractivity contribution is 7.92. The number of halogens is 3. The minimum Gasteiger partial charge on any atom is -0.495 e. The van der Waals surface area contributed by atoms with Crippen LogP contribution in [0.3, 0.4) is 0 Å². The molecule has 1 amide bonds. The van der Waals surface area contributed by atoms with E-state index in [0.29, 0.717) is 11.3 Å². The summed E-state index contributed by atoms with van der Waals surface area (Å²) in [7, 11) is -2.69. The van der Waals surface area contributed by atoms with Gasteiger partial charge in [0, 0.05) is 11.3 Å². The molecule has 6 nitrogen and oxygen atoms in total. The van der Waals surface area contributed by atoms with Crippen LogP contribution in [-0.4, -0.2) is 21.4 Å². The molecular weight excluding hydrogens is 457 g/mol. The third kappa shape index (κ3) is 5.64. The van der Waals surface area contributed by atoms with E-state index < -0.39 is 27.7 Å². The fourth-order valence-corrected chi connectivity index (χ4v) is 4.18. The fourth-order valence-electron chi connectivity index (χ4n) is 3.09. The molecule has 0 saturated heterocycles. The lowest BCUT2D eigenvalue weighted by atomic mass is 10.1. The second-order valence-corrected chi connectivity index (χ2v) is 9.00. The van der Waals surface area contributed by atoms with Crippen LogP contribution >= 0.6 is 0 Å². The van der Waals surface area contributed by atoms with Gasteiger partial charge in [-0.2, -0.15) is 13.2 Å². The Labute approximate surface area is 189 Å². The average Bonchev–Trinajstić information content (AvgIpc) is 2.73. The van der Waals surface area contributed by atoms with E-state index >= 15 is 0 Å². The van der Waals surface area contributed by atoms with Gasteiger partial charge in [0.25, 0.3) is 15.9 Å². The molecule has 2 N–H and O–H groups in total. The van der Waals surface area contributed by atoms with E-state index in [0.717, 1.165) is 17.7 Å². The molecule has 0 aliphatic heterocycles. The highest BCUT2D eigenvalue weighted by atomic mass is 32.2. The quantitative estimate of drug-likeness (QED) is 0.498. The average molecular weight is 478 g/mol. The first-order valence-electron chi connectivity index (χ1n) is 9.67. The highest BCUT2D eigenvalue weighted by Gasteiger charge is 2.30. The number of anilines is 2. The lowest BCUT2D eigenvalue weighted by Crippen LogP contribution is -2.17. The van der Waals surface area contributed by atoms with Crippen LogP contribution in [0.4, 0.5) is 24.5 Å². The number of hydrogen-bond acceptors (Lipinski definition) is 4. The molecule has 0 aliphatic carbocycles. The maximum Gasteiger partial charge on any atom is 0.416 e. The molecule has 174 valence electrons. The van der Waals surface area contributed by atoms with Crippen LogP contribution in [0.2, 0.25) is 0 Å². The Morgan fingerprint density at radius 2 is 1.70 bits per heavy atom. The Balaban J connectivity index is 1.90. The van der Waals surface area contributed by atoms with Crippen molar-refractivity contribution in [2.45, 2.75) is 24.9 Å². The zero-order valence-corrected chi connectivity index (χ0v) is 18.8. The number of benzene rings is 3. The van der Waals surface area contributed by atoms with Gasteiger partial charge in [-0.1, -0.05) is 18.2 Å². The standard InChI is InChI=1S/C23H21F3N2O4S/c1-14-7-10-21(32-3)20(11-14)28-33(30,31)18-9-8-15(2)19(13-18)22(29)27-17-6-4-5-16(12-17)23(24,25)26/h4-13,28H,1-3H3,(H,27,29). The lowest BCUT2D eigenvalue weighted by Gasteiger charge is -2.14. The number of rotatable bonds is 6. The monoisotopic (exact) mass is 478 g/mol. The molecule has 0 aliphatic rings. The van der Waals surface area contributed by atoms with E-state index in [9.17, 15) is 26.4 Å². The van der Waals surface area contributed by atoms with Crippen molar-refractivity contribution >= 4 is 27.3 Å². The van der Waals surface area contributed by atoms with Gasteiger partial charge < -0.3 is 10.1 Å². The van der Waals surface area contributed by atoms with Crippen molar-refractivity contribution in [2.24, 2.45) is 0 Å². The highest BCUT2D eigenvalue weighted by Crippen LogP contribution is 2.31. The van der Waals surface area contributed by atoms with Gasteiger partial charge in [0.2, 0.25) is 0 Å². The summed E-state index contributed by atoms with van der Waals surface area (Å²) in [6, 6.07) is 13.1. The van der Waals surface area contributed by atoms with E-state index in [2.05, 4.69) is 10.0 Å². The van der Waals surface area contributed by atoms with E-state index in [-0.39, 0.29) is 21.8 Å². The molecule has 3 rings (SSSR count). The largest absolute Gasteiger partial charge is 0.495 e. The zero-order valence-electron chi connectivity index (χ0n) is 17.9. The molecule has 0 atom stereocenters. The Hall–Kier alpha value is -3.53. The Kier molecular flexibility index (Phi) is 6.68. The number of carbonyl (C=O) groups is 1. The first kappa shape index (κ1) is 24.1. The summed E-state index contributed by atoms with van der Waals surface area (Å²) < 4.78 is 72.4. The molecule has 10 heteroatoms. The normalized spacial score (nSPS) is 11.7. The summed E-state index contributed by atoms with van der Waals surface area (Å²) in [5.41, 5.74) is 0.513. The number of amides is 1. The number of ether oxygens (including phenoxy) is 1. The maximum absolute atomic E-state index is 13.0. The third-order valence-electron chi connectivity index (χ3n) is 4.81. The van der Waals surface area contributed by atoms with Crippen molar-refractivity contribution in [3.63, 3.8) is 0 Å². The van der Waals surface area contributed by atoms with Gasteiger partial charge in [-0.15, -0.1) is 0 Å². The SMILES string of the molecule is COc1ccc(C)cc1NS(=O)(=O)c1ccc(C)c(C(=O)Nc2cccc(C(F)(F)F)c2)c1. The van der Waals surface area contributed by atoms with E-state index in [1.165, 1.54) is 37.4 Å². The van der Waals surface area contributed by atoms with Crippen LogP contribution in [0.1, 0.15) is 27.0 Å². The van der Waals surface area contributed by atoms with Crippen molar-refractivity contribution in [3.05, 3.63) is 82.9 Å². The summed E-state index contributed by atoms with van der Waals surface area (Å²) in [4.78, 5) is 12.6. The first-order chi connectivity index (χ1) is 15.4. The number of methoxy groups -OCH3 is 1. The van der Waals surface area contributed by atoms with Gasteiger partial charge in [-0.25, -0.2) is 8.42 Å². The minimum atomic E-state index is -4.56. The number of sulfonamides is 1. The van der Waals surface area contributed by atoms with E-state index in [1.54, 1.807) is 32.0 Å². The number of aryl methyl sites for hydroxylation is 2. The number of alkyl halides is 3. The summed E-state index contributed by atoms with van der Waals surface area (Å²) in [6.45, 7) is 3.38. The smallest absolute Gasteiger partial charge is 0.416 e. The van der Waals surface area contributed by atoms with Gasteiger partial charge in [-0.3, -0.25) is 9.52 Å². The molecule has 0 fully saturated rings.